The molecule has 1 saturated heterocycles. The highest BCUT2D eigenvalue weighted by Crippen LogP contribution is 2.32. The molecule has 1 unspecified atom stereocenters. The SMILES string of the molecule is CN(C(=O)c1c(Cl)ccc(Cl)c1Cl)C1CCNC1. The summed E-state index contributed by atoms with van der Waals surface area (Å²) in [5, 5.41) is 4.09. The highest BCUT2D eigenvalue weighted by Gasteiger charge is 2.27. The van der Waals surface area contributed by atoms with Crippen molar-refractivity contribution in [2.24, 2.45) is 0 Å². The average molecular weight is 308 g/mol. The summed E-state index contributed by atoms with van der Waals surface area (Å²) >= 11 is 18.0. The van der Waals surface area contributed by atoms with Crippen LogP contribution < -0.4 is 5.32 Å². The predicted octanol–water partition coefficient (Wildman–Crippen LogP) is 3.08. The van der Waals surface area contributed by atoms with Gasteiger partial charge in [0.2, 0.25) is 0 Å². The molecular weight excluding hydrogens is 295 g/mol. The number of carbonyl (C=O) groups is 1. The number of benzene rings is 1. The lowest BCUT2D eigenvalue weighted by atomic mass is 10.1. The van der Waals surface area contributed by atoms with E-state index in [-0.39, 0.29) is 22.5 Å². The largest absolute Gasteiger partial charge is 0.337 e. The zero-order chi connectivity index (χ0) is 13.3. The van der Waals surface area contributed by atoms with E-state index in [1.807, 2.05) is 0 Å². The third kappa shape index (κ3) is 2.59. The minimum atomic E-state index is -0.193. The molecule has 0 saturated carbocycles. The van der Waals surface area contributed by atoms with Crippen molar-refractivity contribution in [2.75, 3.05) is 20.1 Å². The third-order valence-electron chi connectivity index (χ3n) is 3.16. The molecule has 1 aliphatic heterocycles. The van der Waals surface area contributed by atoms with Crippen molar-refractivity contribution in [3.63, 3.8) is 0 Å². The van der Waals surface area contributed by atoms with Crippen molar-refractivity contribution in [3.8, 4) is 0 Å². The summed E-state index contributed by atoms with van der Waals surface area (Å²) in [4.78, 5) is 14.1. The van der Waals surface area contributed by atoms with E-state index < -0.39 is 0 Å². The lowest BCUT2D eigenvalue weighted by Crippen LogP contribution is -2.38. The first kappa shape index (κ1) is 13.9. The second-order valence-corrected chi connectivity index (χ2v) is 5.47. The van der Waals surface area contributed by atoms with Gasteiger partial charge >= 0.3 is 0 Å². The van der Waals surface area contributed by atoms with Crippen molar-refractivity contribution in [2.45, 2.75) is 12.5 Å². The smallest absolute Gasteiger partial charge is 0.256 e. The van der Waals surface area contributed by atoms with E-state index in [4.69, 9.17) is 34.8 Å². The summed E-state index contributed by atoms with van der Waals surface area (Å²) in [5.41, 5.74) is 0.278. The number of rotatable bonds is 2. The topological polar surface area (TPSA) is 32.3 Å². The Morgan fingerprint density at radius 1 is 1.33 bits per heavy atom. The van der Waals surface area contributed by atoms with Gasteiger partial charge in [0.15, 0.2) is 0 Å². The lowest BCUT2D eigenvalue weighted by molar-refractivity contribution is 0.0744. The molecule has 0 spiro atoms. The fourth-order valence-electron chi connectivity index (χ4n) is 2.04. The molecule has 18 heavy (non-hydrogen) atoms. The first-order valence-corrected chi connectivity index (χ1v) is 6.77. The van der Waals surface area contributed by atoms with Gasteiger partial charge in [0, 0.05) is 19.6 Å². The second-order valence-electron chi connectivity index (χ2n) is 4.28. The first-order valence-electron chi connectivity index (χ1n) is 5.63. The van der Waals surface area contributed by atoms with E-state index in [1.54, 1.807) is 24.1 Å². The van der Waals surface area contributed by atoms with E-state index in [9.17, 15) is 4.79 Å². The molecule has 0 aliphatic carbocycles. The van der Waals surface area contributed by atoms with Crippen LogP contribution in [-0.4, -0.2) is 37.0 Å². The zero-order valence-corrected chi connectivity index (χ0v) is 12.1. The molecule has 1 heterocycles. The van der Waals surface area contributed by atoms with Crippen LogP contribution in [-0.2, 0) is 0 Å². The van der Waals surface area contributed by atoms with Gasteiger partial charge in [-0.3, -0.25) is 4.79 Å². The molecule has 0 radical (unpaired) electrons. The Kier molecular flexibility index (Phi) is 4.38. The number of amides is 1. The molecule has 2 rings (SSSR count). The molecule has 98 valence electrons. The Bertz CT molecular complexity index is 473. The van der Waals surface area contributed by atoms with Crippen molar-refractivity contribution in [1.82, 2.24) is 10.2 Å². The van der Waals surface area contributed by atoms with Gasteiger partial charge in [0.25, 0.3) is 5.91 Å². The molecule has 1 aromatic rings. The monoisotopic (exact) mass is 306 g/mol. The summed E-state index contributed by atoms with van der Waals surface area (Å²) < 4.78 is 0. The molecule has 0 bridgehead atoms. The fourth-order valence-corrected chi connectivity index (χ4v) is 2.73. The maximum Gasteiger partial charge on any atom is 0.256 e. The Morgan fingerprint density at radius 3 is 2.61 bits per heavy atom. The zero-order valence-electron chi connectivity index (χ0n) is 9.84. The van der Waals surface area contributed by atoms with Crippen LogP contribution in [0.5, 0.6) is 0 Å². The highest BCUT2D eigenvalue weighted by atomic mass is 35.5. The van der Waals surface area contributed by atoms with Gasteiger partial charge in [-0.15, -0.1) is 0 Å². The van der Waals surface area contributed by atoms with E-state index >= 15 is 0 Å². The van der Waals surface area contributed by atoms with Gasteiger partial charge in [0.05, 0.1) is 20.6 Å². The number of carbonyl (C=O) groups excluding carboxylic acids is 1. The standard InChI is InChI=1S/C12H13Cl3N2O/c1-17(7-4-5-16-6-7)12(18)10-8(13)2-3-9(14)11(10)15/h2-3,7,16H,4-6H2,1H3. The van der Waals surface area contributed by atoms with E-state index in [0.29, 0.717) is 10.0 Å². The third-order valence-corrected chi connectivity index (χ3v) is 4.28. The Labute approximate surface area is 121 Å². The lowest BCUT2D eigenvalue weighted by Gasteiger charge is -2.24. The molecule has 1 atom stereocenters. The van der Waals surface area contributed by atoms with Crippen molar-refractivity contribution in [1.29, 1.82) is 0 Å². The van der Waals surface area contributed by atoms with Crippen LogP contribution >= 0.6 is 34.8 Å². The number of likely N-dealkylation sites (N-methyl/N-ethyl adjacent to an activating group) is 1. The van der Waals surface area contributed by atoms with Crippen LogP contribution in [0.25, 0.3) is 0 Å². The minimum Gasteiger partial charge on any atom is -0.337 e. The quantitative estimate of drug-likeness (QED) is 0.852. The Balaban J connectivity index is 2.30. The van der Waals surface area contributed by atoms with Gasteiger partial charge in [-0.2, -0.15) is 0 Å². The normalized spacial score (nSPS) is 19.0. The van der Waals surface area contributed by atoms with Gasteiger partial charge in [-0.05, 0) is 25.1 Å². The number of hydrogen-bond donors (Lipinski definition) is 1. The molecule has 1 fully saturated rings. The van der Waals surface area contributed by atoms with Crippen LogP contribution in [0, 0.1) is 0 Å². The number of halogens is 3. The van der Waals surface area contributed by atoms with Gasteiger partial charge in [0.1, 0.15) is 0 Å². The van der Waals surface area contributed by atoms with Crippen LogP contribution in [0.15, 0.2) is 12.1 Å². The van der Waals surface area contributed by atoms with Gasteiger partial charge in [-0.1, -0.05) is 34.8 Å². The van der Waals surface area contributed by atoms with Crippen molar-refractivity contribution < 1.29 is 4.79 Å². The van der Waals surface area contributed by atoms with Crippen LogP contribution in [0.2, 0.25) is 15.1 Å². The first-order chi connectivity index (χ1) is 8.52. The number of nitrogens with one attached hydrogen (secondary N) is 1. The van der Waals surface area contributed by atoms with Crippen LogP contribution in [0.4, 0.5) is 0 Å². The summed E-state index contributed by atoms with van der Waals surface area (Å²) in [6.45, 7) is 1.71. The van der Waals surface area contributed by atoms with Crippen molar-refractivity contribution in [3.05, 3.63) is 32.8 Å². The Hall–Kier alpha value is -0.480. The molecule has 1 aromatic carbocycles. The van der Waals surface area contributed by atoms with Crippen LogP contribution in [0.3, 0.4) is 0 Å². The summed E-state index contributed by atoms with van der Waals surface area (Å²) in [6.07, 6.45) is 0.929. The number of hydrogen-bond acceptors (Lipinski definition) is 2. The maximum absolute atomic E-state index is 12.4. The molecule has 3 nitrogen and oxygen atoms in total. The molecule has 1 amide bonds. The van der Waals surface area contributed by atoms with Crippen molar-refractivity contribution >= 4 is 40.7 Å². The van der Waals surface area contributed by atoms with Crippen LogP contribution in [0.1, 0.15) is 16.8 Å². The molecule has 0 aromatic heterocycles. The van der Waals surface area contributed by atoms with E-state index in [1.165, 1.54) is 0 Å². The maximum atomic E-state index is 12.4. The van der Waals surface area contributed by atoms with E-state index in [0.717, 1.165) is 19.5 Å². The second kappa shape index (κ2) is 5.66. The molecule has 1 aliphatic rings. The highest BCUT2D eigenvalue weighted by molar-refractivity contribution is 6.46. The summed E-state index contributed by atoms with van der Waals surface area (Å²) in [6, 6.07) is 3.34. The fraction of sp³-hybridized carbons (Fsp3) is 0.417. The molecule has 6 heteroatoms. The molecule has 1 N–H and O–H groups in total. The molecular formula is C12H13Cl3N2O. The van der Waals surface area contributed by atoms with E-state index in [2.05, 4.69) is 5.32 Å². The van der Waals surface area contributed by atoms with Gasteiger partial charge in [-0.25, -0.2) is 0 Å². The Morgan fingerprint density at radius 2 is 2.00 bits per heavy atom. The summed E-state index contributed by atoms with van der Waals surface area (Å²) in [5.74, 6) is -0.193. The summed E-state index contributed by atoms with van der Waals surface area (Å²) in [7, 11) is 1.76. The average Bonchev–Trinajstić information content (AvgIpc) is 2.87. The number of nitrogens with zero attached hydrogens (tertiary/aromatic N) is 1. The van der Waals surface area contributed by atoms with Gasteiger partial charge < -0.3 is 10.2 Å². The predicted molar refractivity (Wildman–Crippen MR) is 74.8 cm³/mol. The minimum absolute atomic E-state index is 0.170.